The molecule has 0 fully saturated rings. The standard InChI is InChI=1S/C15H24S2/c1-12(2)10-13-8-6-7-9-14(13)11-16-17-15(3,4)5/h6-9,12H,10-11H2,1-5H3. The van der Waals surface area contributed by atoms with Gasteiger partial charge in [0.2, 0.25) is 0 Å². The third kappa shape index (κ3) is 6.42. The fourth-order valence-corrected chi connectivity index (χ4v) is 4.05. The van der Waals surface area contributed by atoms with Crippen LogP contribution < -0.4 is 0 Å². The molecule has 0 amide bonds. The van der Waals surface area contributed by atoms with E-state index in [1.54, 1.807) is 0 Å². The molecule has 2 heteroatoms. The normalized spacial score (nSPS) is 12.1. The maximum Gasteiger partial charge on any atom is 0.0291 e. The van der Waals surface area contributed by atoms with Gasteiger partial charge in [0.1, 0.15) is 0 Å². The fourth-order valence-electron chi connectivity index (χ4n) is 1.61. The summed E-state index contributed by atoms with van der Waals surface area (Å²) in [7, 11) is 3.94. The van der Waals surface area contributed by atoms with E-state index in [2.05, 4.69) is 58.9 Å². The Bertz CT molecular complexity index is 337. The Labute approximate surface area is 114 Å². The smallest absolute Gasteiger partial charge is 0.0291 e. The van der Waals surface area contributed by atoms with Crippen LogP contribution in [0.25, 0.3) is 0 Å². The van der Waals surface area contributed by atoms with Crippen molar-refractivity contribution in [2.75, 3.05) is 0 Å². The van der Waals surface area contributed by atoms with Crippen LogP contribution in [0.4, 0.5) is 0 Å². The first-order valence-corrected chi connectivity index (χ1v) is 8.58. The van der Waals surface area contributed by atoms with Gasteiger partial charge in [0.15, 0.2) is 0 Å². The SMILES string of the molecule is CC(C)Cc1ccccc1CSSC(C)(C)C. The monoisotopic (exact) mass is 268 g/mol. The minimum Gasteiger partial charge on any atom is -0.0888 e. The Kier molecular flexibility index (Phi) is 5.94. The van der Waals surface area contributed by atoms with E-state index < -0.39 is 0 Å². The van der Waals surface area contributed by atoms with E-state index in [9.17, 15) is 0 Å². The number of rotatable bonds is 5. The highest BCUT2D eigenvalue weighted by Gasteiger charge is 2.12. The molecule has 0 heterocycles. The van der Waals surface area contributed by atoms with Gasteiger partial charge in [0.05, 0.1) is 0 Å². The lowest BCUT2D eigenvalue weighted by molar-refractivity contribution is 0.644. The van der Waals surface area contributed by atoms with Gasteiger partial charge < -0.3 is 0 Å². The molecule has 0 unspecified atom stereocenters. The first kappa shape index (κ1) is 15.0. The van der Waals surface area contributed by atoms with Crippen LogP contribution in [0.2, 0.25) is 0 Å². The second-order valence-corrected chi connectivity index (χ2v) is 8.95. The van der Waals surface area contributed by atoms with Gasteiger partial charge >= 0.3 is 0 Å². The highest BCUT2D eigenvalue weighted by molar-refractivity contribution is 8.76. The van der Waals surface area contributed by atoms with Crippen molar-refractivity contribution in [3.05, 3.63) is 35.4 Å². The Morgan fingerprint density at radius 2 is 1.65 bits per heavy atom. The molecule has 0 spiro atoms. The summed E-state index contributed by atoms with van der Waals surface area (Å²) in [5.41, 5.74) is 3.02. The molecule has 1 rings (SSSR count). The van der Waals surface area contributed by atoms with Crippen molar-refractivity contribution in [3.8, 4) is 0 Å². The van der Waals surface area contributed by atoms with E-state index in [4.69, 9.17) is 0 Å². The van der Waals surface area contributed by atoms with Crippen molar-refractivity contribution in [3.63, 3.8) is 0 Å². The van der Waals surface area contributed by atoms with Crippen molar-refractivity contribution >= 4 is 21.6 Å². The molecule has 0 aliphatic carbocycles. The largest absolute Gasteiger partial charge is 0.0888 e. The van der Waals surface area contributed by atoms with Crippen LogP contribution in [0.5, 0.6) is 0 Å². The van der Waals surface area contributed by atoms with Gasteiger partial charge in [-0.2, -0.15) is 0 Å². The minimum atomic E-state index is 0.345. The highest BCUT2D eigenvalue weighted by atomic mass is 33.1. The number of hydrogen-bond donors (Lipinski definition) is 0. The number of benzene rings is 1. The lowest BCUT2D eigenvalue weighted by atomic mass is 9.99. The van der Waals surface area contributed by atoms with Gasteiger partial charge in [0, 0.05) is 10.5 Å². The van der Waals surface area contributed by atoms with Crippen molar-refractivity contribution in [2.45, 2.75) is 51.5 Å². The summed E-state index contributed by atoms with van der Waals surface area (Å²) >= 11 is 0. The molecule has 0 atom stereocenters. The zero-order chi connectivity index (χ0) is 12.9. The molecule has 0 radical (unpaired) electrons. The summed E-state index contributed by atoms with van der Waals surface area (Å²) in [5.74, 6) is 1.85. The van der Waals surface area contributed by atoms with Crippen molar-refractivity contribution in [1.82, 2.24) is 0 Å². The first-order valence-electron chi connectivity index (χ1n) is 6.26. The van der Waals surface area contributed by atoms with Gasteiger partial charge in [-0.3, -0.25) is 0 Å². The molecule has 0 saturated heterocycles. The zero-order valence-corrected chi connectivity index (χ0v) is 13.3. The molecule has 0 saturated carbocycles. The molecule has 17 heavy (non-hydrogen) atoms. The third-order valence-electron chi connectivity index (χ3n) is 2.27. The van der Waals surface area contributed by atoms with Crippen LogP contribution in [-0.2, 0) is 12.2 Å². The first-order chi connectivity index (χ1) is 7.88. The quantitative estimate of drug-likeness (QED) is 0.641. The summed E-state index contributed by atoms with van der Waals surface area (Å²) in [6.07, 6.45) is 1.19. The molecule has 96 valence electrons. The summed E-state index contributed by atoms with van der Waals surface area (Å²) in [6, 6.07) is 8.86. The zero-order valence-electron chi connectivity index (χ0n) is 11.6. The summed E-state index contributed by atoms with van der Waals surface area (Å²) < 4.78 is 0.345. The molecular weight excluding hydrogens is 244 g/mol. The van der Waals surface area contributed by atoms with E-state index in [0.717, 1.165) is 11.7 Å². The van der Waals surface area contributed by atoms with Gasteiger partial charge in [-0.05, 0) is 23.5 Å². The molecule has 0 aliphatic rings. The average Bonchev–Trinajstić information content (AvgIpc) is 2.18. The molecule has 0 N–H and O–H groups in total. The third-order valence-corrected chi connectivity index (χ3v) is 5.52. The summed E-state index contributed by atoms with van der Waals surface area (Å²) in [4.78, 5) is 0. The Hall–Kier alpha value is -0.0800. The Morgan fingerprint density at radius 3 is 2.18 bits per heavy atom. The van der Waals surface area contributed by atoms with Gasteiger partial charge in [-0.25, -0.2) is 0 Å². The Balaban J connectivity index is 2.58. The van der Waals surface area contributed by atoms with E-state index >= 15 is 0 Å². The van der Waals surface area contributed by atoms with Crippen LogP contribution in [-0.4, -0.2) is 4.75 Å². The van der Waals surface area contributed by atoms with Crippen LogP contribution in [0.1, 0.15) is 45.7 Å². The van der Waals surface area contributed by atoms with Gasteiger partial charge in [0.25, 0.3) is 0 Å². The predicted molar refractivity (Wildman–Crippen MR) is 83.6 cm³/mol. The van der Waals surface area contributed by atoms with Crippen molar-refractivity contribution in [2.24, 2.45) is 5.92 Å². The predicted octanol–water partition coefficient (Wildman–Crippen LogP) is 5.57. The topological polar surface area (TPSA) is 0 Å². The Morgan fingerprint density at radius 1 is 1.06 bits per heavy atom. The van der Waals surface area contributed by atoms with E-state index in [1.165, 1.54) is 17.5 Å². The van der Waals surface area contributed by atoms with Gasteiger partial charge in [-0.15, -0.1) is 0 Å². The van der Waals surface area contributed by atoms with Crippen molar-refractivity contribution in [1.29, 1.82) is 0 Å². The second kappa shape index (κ2) is 6.75. The van der Waals surface area contributed by atoms with Crippen molar-refractivity contribution < 1.29 is 0 Å². The summed E-state index contributed by atoms with van der Waals surface area (Å²) in [6.45, 7) is 11.4. The molecule has 0 bridgehead atoms. The maximum absolute atomic E-state index is 2.29. The molecular formula is C15H24S2. The van der Waals surface area contributed by atoms with Gasteiger partial charge in [-0.1, -0.05) is 80.5 Å². The maximum atomic E-state index is 2.29. The number of hydrogen-bond acceptors (Lipinski definition) is 2. The van der Waals surface area contributed by atoms with Crippen LogP contribution in [0, 0.1) is 5.92 Å². The fraction of sp³-hybridized carbons (Fsp3) is 0.600. The minimum absolute atomic E-state index is 0.345. The second-order valence-electron chi connectivity index (χ2n) is 5.82. The average molecular weight is 268 g/mol. The van der Waals surface area contributed by atoms with E-state index in [-0.39, 0.29) is 0 Å². The van der Waals surface area contributed by atoms with Crippen LogP contribution >= 0.6 is 21.6 Å². The summed E-state index contributed by atoms with van der Waals surface area (Å²) in [5, 5.41) is 0. The van der Waals surface area contributed by atoms with E-state index in [1.807, 2.05) is 21.6 Å². The molecule has 0 aromatic heterocycles. The lowest BCUT2D eigenvalue weighted by Gasteiger charge is -2.17. The molecule has 1 aromatic rings. The highest BCUT2D eigenvalue weighted by Crippen LogP contribution is 2.37. The van der Waals surface area contributed by atoms with Crippen LogP contribution in [0.15, 0.2) is 24.3 Å². The lowest BCUT2D eigenvalue weighted by Crippen LogP contribution is -2.05. The molecule has 0 aliphatic heterocycles. The molecule has 1 aromatic carbocycles. The molecule has 0 nitrogen and oxygen atoms in total. The van der Waals surface area contributed by atoms with E-state index in [0.29, 0.717) is 4.75 Å². The van der Waals surface area contributed by atoms with Crippen LogP contribution in [0.3, 0.4) is 0 Å².